The summed E-state index contributed by atoms with van der Waals surface area (Å²) in [6, 6.07) is 4.85. The maximum Gasteiger partial charge on any atom is 0.316 e. The van der Waals surface area contributed by atoms with Gasteiger partial charge in [-0.3, -0.25) is 0 Å². The van der Waals surface area contributed by atoms with Gasteiger partial charge in [0.1, 0.15) is 4.90 Å². The Hall–Kier alpha value is -1.27. The fraction of sp³-hybridized carbons (Fsp3) is 0.462. The highest BCUT2D eigenvalue weighted by Gasteiger charge is 2.15. The number of hydrogen-bond donors (Lipinski definition) is 2. The summed E-state index contributed by atoms with van der Waals surface area (Å²) in [6.07, 6.45) is 5.94. The molecule has 1 aliphatic rings. The van der Waals surface area contributed by atoms with Gasteiger partial charge in [-0.05, 0) is 18.1 Å². The summed E-state index contributed by atoms with van der Waals surface area (Å²) < 4.78 is 22.0. The van der Waals surface area contributed by atoms with Gasteiger partial charge in [0.25, 0.3) is 9.05 Å². The average molecular weight is 319 g/mol. The Kier molecular flexibility index (Phi) is 6.29. The Balaban J connectivity index is 0.000000276. The molecule has 5 nitrogen and oxygen atoms in total. The fourth-order valence-electron chi connectivity index (χ4n) is 1.82. The zero-order valence-electron chi connectivity index (χ0n) is 11.3. The van der Waals surface area contributed by atoms with Gasteiger partial charge >= 0.3 is 6.03 Å². The molecule has 1 aromatic rings. The van der Waals surface area contributed by atoms with Gasteiger partial charge in [0.15, 0.2) is 0 Å². The molecule has 1 aliphatic carbocycles. The van der Waals surface area contributed by atoms with Crippen LogP contribution in [0.2, 0.25) is 0 Å². The lowest BCUT2D eigenvalue weighted by Crippen LogP contribution is -2.20. The molecule has 0 aromatic heterocycles. The quantitative estimate of drug-likeness (QED) is 0.838. The van der Waals surface area contributed by atoms with Gasteiger partial charge in [-0.1, -0.05) is 44.7 Å². The summed E-state index contributed by atoms with van der Waals surface area (Å²) in [6.45, 7) is 2.28. The second kappa shape index (κ2) is 7.50. The van der Waals surface area contributed by atoms with E-state index in [1.54, 1.807) is 6.07 Å². The molecule has 0 atom stereocenters. The number of amides is 2. The lowest BCUT2D eigenvalue weighted by Gasteiger charge is -2.22. The third-order valence-electron chi connectivity index (χ3n) is 3.21. The minimum atomic E-state index is -3.88. The summed E-state index contributed by atoms with van der Waals surface area (Å²) >= 11 is 0. The number of primary amides is 1. The second-order valence-electron chi connectivity index (χ2n) is 4.63. The number of hydrogen-bond acceptors (Lipinski definition) is 3. The number of halogens is 1. The molecule has 1 saturated carbocycles. The summed E-state index contributed by atoms with van der Waals surface area (Å²) in [5, 5.41) is 2.16. The normalized spacial score (nSPS) is 14.7. The van der Waals surface area contributed by atoms with E-state index < -0.39 is 15.1 Å². The van der Waals surface area contributed by atoms with E-state index in [4.69, 9.17) is 16.4 Å². The van der Waals surface area contributed by atoms with Crippen LogP contribution in [0, 0.1) is 5.92 Å². The van der Waals surface area contributed by atoms with E-state index in [9.17, 15) is 13.2 Å². The van der Waals surface area contributed by atoms with Crippen molar-refractivity contribution >= 4 is 31.5 Å². The highest BCUT2D eigenvalue weighted by Crippen LogP contribution is 2.28. The average Bonchev–Trinajstić information content (AvgIpc) is 2.26. The van der Waals surface area contributed by atoms with E-state index in [1.807, 2.05) is 0 Å². The van der Waals surface area contributed by atoms with E-state index in [-0.39, 0.29) is 10.6 Å². The van der Waals surface area contributed by atoms with E-state index >= 15 is 0 Å². The largest absolute Gasteiger partial charge is 0.351 e. The molecule has 0 unspecified atom stereocenters. The Morgan fingerprint density at radius 3 is 2.35 bits per heavy atom. The Morgan fingerprint density at radius 1 is 1.40 bits per heavy atom. The number of nitrogens with one attached hydrogen (secondary N) is 1. The molecule has 112 valence electrons. The molecular formula is C13H19ClN2O3S. The molecule has 20 heavy (non-hydrogen) atoms. The molecule has 0 bridgehead atoms. The first kappa shape index (κ1) is 16.8. The third kappa shape index (κ3) is 5.38. The number of carbonyl (C=O) groups excluding carboxylic acids is 1. The molecule has 7 heteroatoms. The van der Waals surface area contributed by atoms with E-state index in [2.05, 4.69) is 12.2 Å². The smallest absolute Gasteiger partial charge is 0.316 e. The summed E-state index contributed by atoms with van der Waals surface area (Å²) in [5.74, 6) is 1.12. The Labute approximate surface area is 123 Å². The first-order valence-corrected chi connectivity index (χ1v) is 8.75. The molecule has 2 amide bonds. The highest BCUT2D eigenvalue weighted by atomic mass is 35.7. The standard InChI is InChI=1S/C7H7ClN2O3S.C6H12/c8-14(12,13)6-4-2-1-3-5(6)10-7(9)11;1-2-6-4-3-5-6/h1-4H,(H3,9,10,11);6H,2-5H2,1H3. The van der Waals surface area contributed by atoms with Crippen molar-refractivity contribution in [1.82, 2.24) is 0 Å². The van der Waals surface area contributed by atoms with Crippen LogP contribution in [0.1, 0.15) is 32.6 Å². The van der Waals surface area contributed by atoms with Crippen LogP contribution >= 0.6 is 10.7 Å². The van der Waals surface area contributed by atoms with Gasteiger partial charge in [0.05, 0.1) is 5.69 Å². The zero-order valence-corrected chi connectivity index (χ0v) is 12.9. The van der Waals surface area contributed by atoms with Crippen molar-refractivity contribution in [3.63, 3.8) is 0 Å². The van der Waals surface area contributed by atoms with Crippen molar-refractivity contribution in [2.45, 2.75) is 37.5 Å². The summed E-state index contributed by atoms with van der Waals surface area (Å²) in [5.41, 5.74) is 4.91. The predicted octanol–water partition coefficient (Wildman–Crippen LogP) is 3.30. The number of rotatable bonds is 3. The van der Waals surface area contributed by atoms with Crippen molar-refractivity contribution in [3.8, 4) is 0 Å². The fourth-order valence-corrected chi connectivity index (χ4v) is 2.84. The van der Waals surface area contributed by atoms with Crippen LogP contribution in [0.5, 0.6) is 0 Å². The molecule has 0 heterocycles. The van der Waals surface area contributed by atoms with Gasteiger partial charge in [0, 0.05) is 10.7 Å². The zero-order chi connectivity index (χ0) is 15.2. The van der Waals surface area contributed by atoms with E-state index in [1.165, 1.54) is 43.9 Å². The van der Waals surface area contributed by atoms with Crippen LogP contribution in [0.3, 0.4) is 0 Å². The number of benzene rings is 1. The van der Waals surface area contributed by atoms with Crippen LogP contribution < -0.4 is 11.1 Å². The molecule has 0 aliphatic heterocycles. The minimum Gasteiger partial charge on any atom is -0.351 e. The molecule has 3 N–H and O–H groups in total. The maximum atomic E-state index is 11.0. The molecule has 0 spiro atoms. The van der Waals surface area contributed by atoms with Gasteiger partial charge in [0.2, 0.25) is 0 Å². The molecule has 1 fully saturated rings. The number of urea groups is 1. The lowest BCUT2D eigenvalue weighted by molar-refractivity contribution is 0.259. The van der Waals surface area contributed by atoms with Crippen molar-refractivity contribution in [2.75, 3.05) is 5.32 Å². The van der Waals surface area contributed by atoms with E-state index in [0.717, 1.165) is 5.92 Å². The van der Waals surface area contributed by atoms with E-state index in [0.29, 0.717) is 0 Å². The number of nitrogens with two attached hydrogens (primary N) is 1. The molecule has 0 radical (unpaired) electrons. The van der Waals surface area contributed by atoms with Gasteiger partial charge < -0.3 is 11.1 Å². The van der Waals surface area contributed by atoms with Crippen molar-refractivity contribution in [2.24, 2.45) is 11.7 Å². The first-order valence-electron chi connectivity index (χ1n) is 6.44. The number of anilines is 1. The van der Waals surface area contributed by atoms with Gasteiger partial charge in [-0.2, -0.15) is 0 Å². The highest BCUT2D eigenvalue weighted by molar-refractivity contribution is 8.13. The van der Waals surface area contributed by atoms with Crippen molar-refractivity contribution in [1.29, 1.82) is 0 Å². The number of carbonyl (C=O) groups is 1. The van der Waals surface area contributed by atoms with Gasteiger partial charge in [-0.25, -0.2) is 13.2 Å². The SMILES string of the molecule is CCC1CCC1.NC(=O)Nc1ccccc1S(=O)(=O)Cl. The molecule has 2 rings (SSSR count). The molecule has 0 saturated heterocycles. The topological polar surface area (TPSA) is 89.3 Å². The number of para-hydroxylation sites is 1. The Bertz CT molecular complexity index is 554. The van der Waals surface area contributed by atoms with Crippen LogP contribution in [-0.2, 0) is 9.05 Å². The third-order valence-corrected chi connectivity index (χ3v) is 4.59. The van der Waals surface area contributed by atoms with Crippen LogP contribution in [0.25, 0.3) is 0 Å². The Morgan fingerprint density at radius 2 is 2.00 bits per heavy atom. The van der Waals surface area contributed by atoms with Gasteiger partial charge in [-0.15, -0.1) is 0 Å². The lowest BCUT2D eigenvalue weighted by atomic mass is 9.84. The summed E-state index contributed by atoms with van der Waals surface area (Å²) in [4.78, 5) is 10.3. The first-order chi connectivity index (χ1) is 9.34. The minimum absolute atomic E-state index is 0.0648. The molecule has 1 aromatic carbocycles. The molecular weight excluding hydrogens is 300 g/mol. The van der Waals surface area contributed by atoms with Crippen LogP contribution in [0.4, 0.5) is 10.5 Å². The maximum absolute atomic E-state index is 11.0. The summed E-state index contributed by atoms with van der Waals surface area (Å²) in [7, 11) is 1.25. The second-order valence-corrected chi connectivity index (χ2v) is 7.16. The predicted molar refractivity (Wildman–Crippen MR) is 80.3 cm³/mol. The van der Waals surface area contributed by atoms with Crippen molar-refractivity contribution < 1.29 is 13.2 Å². The van der Waals surface area contributed by atoms with Crippen LogP contribution in [-0.4, -0.2) is 14.4 Å². The van der Waals surface area contributed by atoms with Crippen molar-refractivity contribution in [3.05, 3.63) is 24.3 Å². The van der Waals surface area contributed by atoms with Crippen LogP contribution in [0.15, 0.2) is 29.2 Å². The monoisotopic (exact) mass is 318 g/mol.